The van der Waals surface area contributed by atoms with E-state index in [0.717, 1.165) is 17.9 Å². The molecule has 18 heavy (non-hydrogen) atoms. The topological polar surface area (TPSA) is 48.2 Å². The van der Waals surface area contributed by atoms with Crippen LogP contribution in [0.1, 0.15) is 24.8 Å². The molecule has 1 heterocycles. The lowest BCUT2D eigenvalue weighted by atomic mass is 10.2. The second kappa shape index (κ2) is 6.44. The van der Waals surface area contributed by atoms with Gasteiger partial charge in [0, 0.05) is 5.75 Å². The largest absolute Gasteiger partial charge is 0.484 e. The van der Waals surface area contributed by atoms with Crippen LogP contribution < -0.4 is 4.74 Å². The molecule has 0 aliphatic carbocycles. The molecule has 1 aromatic heterocycles. The highest BCUT2D eigenvalue weighted by Crippen LogP contribution is 2.18. The number of ether oxygens (including phenoxy) is 1. The van der Waals surface area contributed by atoms with E-state index in [1.165, 1.54) is 5.56 Å². The minimum atomic E-state index is 0.308. The number of aryl methyl sites for hydroxylation is 1. The third kappa shape index (κ3) is 3.77. The highest BCUT2D eigenvalue weighted by atomic mass is 32.2. The van der Waals surface area contributed by atoms with E-state index in [1.807, 2.05) is 31.2 Å². The van der Waals surface area contributed by atoms with Gasteiger partial charge in [-0.25, -0.2) is 0 Å². The molecule has 5 heteroatoms. The molecule has 96 valence electrons. The number of aromatic nitrogens is 2. The maximum atomic E-state index is 5.56. The van der Waals surface area contributed by atoms with Crippen LogP contribution in [0.25, 0.3) is 0 Å². The molecule has 2 rings (SSSR count). The van der Waals surface area contributed by atoms with Gasteiger partial charge in [0.1, 0.15) is 5.75 Å². The van der Waals surface area contributed by atoms with Crippen molar-refractivity contribution < 1.29 is 9.15 Å². The second-order valence-corrected chi connectivity index (χ2v) is 4.96. The summed E-state index contributed by atoms with van der Waals surface area (Å²) in [5.74, 6) is 2.30. The molecule has 0 atom stereocenters. The summed E-state index contributed by atoms with van der Waals surface area (Å²) < 4.78 is 11.0. The van der Waals surface area contributed by atoms with E-state index >= 15 is 0 Å². The fourth-order valence-electron chi connectivity index (χ4n) is 1.32. The predicted molar refractivity (Wildman–Crippen MR) is 70.8 cm³/mol. The first kappa shape index (κ1) is 13.0. The molecule has 0 saturated carbocycles. The standard InChI is InChI=1S/C13H16N2O2S/c1-3-8-18-13-15-14-12(17-13)9-16-11-6-4-10(2)5-7-11/h4-7H,3,8-9H2,1-2H3. The number of thioether (sulfide) groups is 1. The molecule has 0 amide bonds. The van der Waals surface area contributed by atoms with Crippen LogP contribution in [-0.4, -0.2) is 16.0 Å². The maximum absolute atomic E-state index is 5.56. The van der Waals surface area contributed by atoms with E-state index in [1.54, 1.807) is 11.8 Å². The Morgan fingerprint density at radius 3 is 2.72 bits per heavy atom. The number of hydrogen-bond acceptors (Lipinski definition) is 5. The molecule has 1 aromatic carbocycles. The van der Waals surface area contributed by atoms with Crippen LogP contribution in [-0.2, 0) is 6.61 Å². The highest BCUT2D eigenvalue weighted by Gasteiger charge is 2.06. The van der Waals surface area contributed by atoms with Crippen LogP contribution in [0.5, 0.6) is 5.75 Å². The van der Waals surface area contributed by atoms with Crippen molar-refractivity contribution >= 4 is 11.8 Å². The summed E-state index contributed by atoms with van der Waals surface area (Å²) >= 11 is 1.57. The fraction of sp³-hybridized carbons (Fsp3) is 0.385. The van der Waals surface area contributed by atoms with Crippen LogP contribution >= 0.6 is 11.8 Å². The van der Waals surface area contributed by atoms with Crippen molar-refractivity contribution in [2.45, 2.75) is 32.1 Å². The van der Waals surface area contributed by atoms with Crippen molar-refractivity contribution in [3.63, 3.8) is 0 Å². The monoisotopic (exact) mass is 264 g/mol. The van der Waals surface area contributed by atoms with Gasteiger partial charge in [-0.05, 0) is 25.5 Å². The van der Waals surface area contributed by atoms with Crippen LogP contribution in [0.4, 0.5) is 0 Å². The van der Waals surface area contributed by atoms with E-state index in [4.69, 9.17) is 9.15 Å². The summed E-state index contributed by atoms with van der Waals surface area (Å²) in [5, 5.41) is 8.50. The van der Waals surface area contributed by atoms with Crippen molar-refractivity contribution in [2.75, 3.05) is 5.75 Å². The first-order chi connectivity index (χ1) is 8.78. The molecular weight excluding hydrogens is 248 g/mol. The van der Waals surface area contributed by atoms with Crippen LogP contribution in [0, 0.1) is 6.92 Å². The molecule has 0 aliphatic rings. The van der Waals surface area contributed by atoms with Crippen molar-refractivity contribution in [1.29, 1.82) is 0 Å². The Morgan fingerprint density at radius 2 is 2.00 bits per heavy atom. The summed E-state index contributed by atoms with van der Waals surface area (Å²) in [6.07, 6.45) is 1.09. The summed E-state index contributed by atoms with van der Waals surface area (Å²) in [7, 11) is 0. The minimum Gasteiger partial charge on any atom is -0.484 e. The van der Waals surface area contributed by atoms with Crippen LogP contribution in [0.2, 0.25) is 0 Å². The molecular formula is C13H16N2O2S. The fourth-order valence-corrected chi connectivity index (χ4v) is 1.96. The van der Waals surface area contributed by atoms with Crippen LogP contribution in [0.15, 0.2) is 33.9 Å². The third-order valence-corrected chi connectivity index (χ3v) is 3.29. The molecule has 2 aromatic rings. The lowest BCUT2D eigenvalue weighted by molar-refractivity contribution is 0.252. The lowest BCUT2D eigenvalue weighted by Gasteiger charge is -2.02. The first-order valence-corrected chi connectivity index (χ1v) is 6.91. The van der Waals surface area contributed by atoms with Gasteiger partial charge in [0.2, 0.25) is 0 Å². The number of nitrogens with zero attached hydrogens (tertiary/aromatic N) is 2. The van der Waals surface area contributed by atoms with E-state index in [2.05, 4.69) is 17.1 Å². The normalized spacial score (nSPS) is 10.6. The average molecular weight is 264 g/mol. The van der Waals surface area contributed by atoms with Crippen LogP contribution in [0.3, 0.4) is 0 Å². The molecule has 4 nitrogen and oxygen atoms in total. The Kier molecular flexibility index (Phi) is 4.64. The van der Waals surface area contributed by atoms with E-state index in [0.29, 0.717) is 17.7 Å². The average Bonchev–Trinajstić information content (AvgIpc) is 2.84. The molecule has 0 aliphatic heterocycles. The smallest absolute Gasteiger partial charge is 0.276 e. The summed E-state index contributed by atoms with van der Waals surface area (Å²) in [6.45, 7) is 4.46. The minimum absolute atomic E-state index is 0.308. The molecule has 0 N–H and O–H groups in total. The predicted octanol–water partition coefficient (Wildman–Crippen LogP) is 3.46. The third-order valence-electron chi connectivity index (χ3n) is 2.26. The van der Waals surface area contributed by atoms with E-state index in [-0.39, 0.29) is 0 Å². The van der Waals surface area contributed by atoms with E-state index in [9.17, 15) is 0 Å². The number of rotatable bonds is 6. The Labute approximate surface area is 111 Å². The van der Waals surface area contributed by atoms with Crippen molar-refractivity contribution in [3.8, 4) is 5.75 Å². The molecule has 0 bridgehead atoms. The van der Waals surface area contributed by atoms with Gasteiger partial charge in [-0.15, -0.1) is 10.2 Å². The van der Waals surface area contributed by atoms with E-state index < -0.39 is 0 Å². The van der Waals surface area contributed by atoms with Crippen molar-refractivity contribution in [1.82, 2.24) is 10.2 Å². The summed E-state index contributed by atoms with van der Waals surface area (Å²) in [6, 6.07) is 7.87. The van der Waals surface area contributed by atoms with Gasteiger partial charge in [0.25, 0.3) is 11.1 Å². The first-order valence-electron chi connectivity index (χ1n) is 5.92. The zero-order valence-electron chi connectivity index (χ0n) is 10.5. The Hall–Kier alpha value is -1.49. The number of benzene rings is 1. The summed E-state index contributed by atoms with van der Waals surface area (Å²) in [5.41, 5.74) is 1.21. The molecule has 0 spiro atoms. The highest BCUT2D eigenvalue weighted by molar-refractivity contribution is 7.99. The second-order valence-electron chi connectivity index (χ2n) is 3.91. The maximum Gasteiger partial charge on any atom is 0.276 e. The molecule has 0 unspecified atom stereocenters. The van der Waals surface area contributed by atoms with Gasteiger partial charge in [-0.3, -0.25) is 0 Å². The lowest BCUT2D eigenvalue weighted by Crippen LogP contribution is -1.95. The van der Waals surface area contributed by atoms with Gasteiger partial charge < -0.3 is 9.15 Å². The van der Waals surface area contributed by atoms with Gasteiger partial charge >= 0.3 is 0 Å². The van der Waals surface area contributed by atoms with Gasteiger partial charge in [0.05, 0.1) is 0 Å². The molecule has 0 saturated heterocycles. The Balaban J connectivity index is 1.86. The zero-order chi connectivity index (χ0) is 12.8. The van der Waals surface area contributed by atoms with Crippen molar-refractivity contribution in [2.24, 2.45) is 0 Å². The Morgan fingerprint density at radius 1 is 1.22 bits per heavy atom. The molecule has 0 radical (unpaired) electrons. The van der Waals surface area contributed by atoms with Gasteiger partial charge in [-0.1, -0.05) is 36.4 Å². The van der Waals surface area contributed by atoms with Gasteiger partial charge in [-0.2, -0.15) is 0 Å². The molecule has 0 fully saturated rings. The quantitative estimate of drug-likeness (QED) is 0.748. The van der Waals surface area contributed by atoms with Gasteiger partial charge in [0.15, 0.2) is 6.61 Å². The Bertz CT molecular complexity index is 482. The number of hydrogen-bond donors (Lipinski definition) is 0. The zero-order valence-corrected chi connectivity index (χ0v) is 11.4. The SMILES string of the molecule is CCCSc1nnc(COc2ccc(C)cc2)o1. The summed E-state index contributed by atoms with van der Waals surface area (Å²) in [4.78, 5) is 0. The van der Waals surface area contributed by atoms with Crippen molar-refractivity contribution in [3.05, 3.63) is 35.7 Å².